The molecule has 5 N–H and O–H groups in total. The summed E-state index contributed by atoms with van der Waals surface area (Å²) in [5, 5.41) is 0. The smallest absolute Gasteiger partial charge is 0.242 e. The van der Waals surface area contributed by atoms with E-state index in [1.807, 2.05) is 23.3 Å². The molecule has 4 nitrogen and oxygen atoms in total. The van der Waals surface area contributed by atoms with Gasteiger partial charge >= 0.3 is 0 Å². The summed E-state index contributed by atoms with van der Waals surface area (Å²) in [6.07, 6.45) is 6.36. The molecule has 0 spiro atoms. The predicted octanol–water partition coefficient (Wildman–Crippen LogP) is -0.892. The molecule has 1 atom stereocenters. The van der Waals surface area contributed by atoms with Crippen molar-refractivity contribution in [3.8, 4) is 0 Å². The van der Waals surface area contributed by atoms with Gasteiger partial charge in [-0.1, -0.05) is 0 Å². The summed E-state index contributed by atoms with van der Waals surface area (Å²) in [6.45, 7) is 0.624. The lowest BCUT2D eigenvalue weighted by Crippen LogP contribution is -2.43. The minimum atomic E-state index is 0.0104. The van der Waals surface area contributed by atoms with Crippen LogP contribution < -0.4 is 16.0 Å². The normalized spacial score (nSPS) is 13.4. The monoisotopic (exact) mass is 141 g/mol. The van der Waals surface area contributed by atoms with Crippen LogP contribution in [0.2, 0.25) is 0 Å². The molecule has 0 aliphatic heterocycles. The molecular formula is C6H13N4+. The van der Waals surface area contributed by atoms with Crippen LogP contribution in [0.1, 0.15) is 12.6 Å². The summed E-state index contributed by atoms with van der Waals surface area (Å²) in [6, 6.07) is 0. The van der Waals surface area contributed by atoms with Gasteiger partial charge in [-0.25, -0.2) is 4.57 Å². The van der Waals surface area contributed by atoms with Crippen molar-refractivity contribution in [1.29, 1.82) is 0 Å². The molecule has 0 aliphatic rings. The van der Waals surface area contributed by atoms with E-state index in [0.717, 1.165) is 6.42 Å². The third-order valence-electron chi connectivity index (χ3n) is 1.41. The Morgan fingerprint density at radius 3 is 2.90 bits per heavy atom. The largest absolute Gasteiger partial charge is 0.330 e. The van der Waals surface area contributed by atoms with Crippen LogP contribution in [0.3, 0.4) is 0 Å². The minimum Gasteiger partial charge on any atom is -0.330 e. The van der Waals surface area contributed by atoms with Gasteiger partial charge in [0.1, 0.15) is 12.4 Å². The first-order chi connectivity index (χ1) is 4.84. The minimum absolute atomic E-state index is 0.0104. The molecule has 0 aromatic carbocycles. The molecule has 1 aromatic heterocycles. The Morgan fingerprint density at radius 2 is 2.40 bits per heavy atom. The Hall–Kier alpha value is -0.870. The van der Waals surface area contributed by atoms with Gasteiger partial charge in [0.15, 0.2) is 6.17 Å². The number of rotatable bonds is 3. The van der Waals surface area contributed by atoms with E-state index in [-0.39, 0.29) is 6.17 Å². The van der Waals surface area contributed by atoms with Crippen LogP contribution in [0.25, 0.3) is 0 Å². The first-order valence-corrected chi connectivity index (χ1v) is 3.34. The number of nitrogens with one attached hydrogen (secondary N) is 1. The average molecular weight is 141 g/mol. The molecule has 1 unspecified atom stereocenters. The molecule has 0 amide bonds. The summed E-state index contributed by atoms with van der Waals surface area (Å²) in [5.41, 5.74) is 11.0. The second kappa shape index (κ2) is 3.34. The van der Waals surface area contributed by atoms with Gasteiger partial charge in [-0.2, -0.15) is 0 Å². The van der Waals surface area contributed by atoms with Gasteiger partial charge in [0, 0.05) is 6.42 Å². The van der Waals surface area contributed by atoms with Gasteiger partial charge in [0.2, 0.25) is 6.33 Å². The van der Waals surface area contributed by atoms with Crippen LogP contribution in [-0.2, 0) is 0 Å². The van der Waals surface area contributed by atoms with E-state index in [2.05, 4.69) is 4.98 Å². The van der Waals surface area contributed by atoms with Crippen LogP contribution in [0.15, 0.2) is 18.7 Å². The van der Waals surface area contributed by atoms with Crippen molar-refractivity contribution in [3.63, 3.8) is 0 Å². The zero-order chi connectivity index (χ0) is 7.40. The van der Waals surface area contributed by atoms with Gasteiger partial charge in [0.05, 0.1) is 0 Å². The highest BCUT2D eigenvalue weighted by Crippen LogP contribution is 1.88. The van der Waals surface area contributed by atoms with Gasteiger partial charge in [-0.05, 0) is 6.54 Å². The molecule has 0 saturated carbocycles. The summed E-state index contributed by atoms with van der Waals surface area (Å²) in [5.74, 6) is 0. The molecule has 1 aromatic rings. The highest BCUT2D eigenvalue weighted by atomic mass is 15.1. The summed E-state index contributed by atoms with van der Waals surface area (Å²) in [7, 11) is 0. The standard InChI is InChI=1S/C6H12N4/c7-2-1-6(8)10-4-3-9-5-10/h3-6H,1-2,7-8H2/p+1. The van der Waals surface area contributed by atoms with E-state index in [9.17, 15) is 0 Å². The topological polar surface area (TPSA) is 71.7 Å². The summed E-state index contributed by atoms with van der Waals surface area (Å²) in [4.78, 5) is 2.91. The molecule has 0 aliphatic carbocycles. The first-order valence-electron chi connectivity index (χ1n) is 3.34. The lowest BCUT2D eigenvalue weighted by molar-refractivity contribution is -0.721. The number of hydrogen-bond donors (Lipinski definition) is 3. The van der Waals surface area contributed by atoms with E-state index in [1.165, 1.54) is 0 Å². The van der Waals surface area contributed by atoms with Crippen LogP contribution in [-0.4, -0.2) is 11.5 Å². The number of nitrogens with zero attached hydrogens (tertiary/aromatic N) is 1. The van der Waals surface area contributed by atoms with Crippen LogP contribution >= 0.6 is 0 Å². The molecule has 0 fully saturated rings. The molecule has 1 heterocycles. The number of aromatic nitrogens is 2. The number of imidazole rings is 1. The predicted molar refractivity (Wildman–Crippen MR) is 37.9 cm³/mol. The summed E-state index contributed by atoms with van der Waals surface area (Å²) < 4.78 is 1.90. The number of H-pyrrole nitrogens is 1. The second-order valence-corrected chi connectivity index (χ2v) is 2.20. The molecule has 0 radical (unpaired) electrons. The van der Waals surface area contributed by atoms with Crippen molar-refractivity contribution < 1.29 is 4.57 Å². The zero-order valence-corrected chi connectivity index (χ0v) is 5.83. The molecule has 56 valence electrons. The molecule has 0 saturated heterocycles. The van der Waals surface area contributed by atoms with Gasteiger partial charge < -0.3 is 5.73 Å². The average Bonchev–Trinajstić information content (AvgIpc) is 2.38. The van der Waals surface area contributed by atoms with Crippen molar-refractivity contribution in [2.24, 2.45) is 11.5 Å². The third-order valence-corrected chi connectivity index (χ3v) is 1.41. The Morgan fingerprint density at radius 1 is 1.60 bits per heavy atom. The van der Waals surface area contributed by atoms with Crippen molar-refractivity contribution >= 4 is 0 Å². The van der Waals surface area contributed by atoms with Crippen molar-refractivity contribution in [2.75, 3.05) is 6.54 Å². The first kappa shape index (κ1) is 7.24. The molecular weight excluding hydrogens is 128 g/mol. The van der Waals surface area contributed by atoms with Crippen LogP contribution in [0.5, 0.6) is 0 Å². The second-order valence-electron chi connectivity index (χ2n) is 2.20. The maximum absolute atomic E-state index is 5.71. The Kier molecular flexibility index (Phi) is 2.42. The van der Waals surface area contributed by atoms with Crippen LogP contribution in [0.4, 0.5) is 0 Å². The quantitative estimate of drug-likeness (QED) is 0.478. The van der Waals surface area contributed by atoms with E-state index < -0.39 is 0 Å². The fourth-order valence-electron chi connectivity index (χ4n) is 0.827. The zero-order valence-electron chi connectivity index (χ0n) is 5.83. The number of hydrogen-bond acceptors (Lipinski definition) is 2. The fraction of sp³-hybridized carbons (Fsp3) is 0.500. The maximum atomic E-state index is 5.71. The lowest BCUT2D eigenvalue weighted by atomic mass is 10.3. The highest BCUT2D eigenvalue weighted by Gasteiger charge is 2.06. The number of aromatic amines is 1. The van der Waals surface area contributed by atoms with Gasteiger partial charge in [-0.15, -0.1) is 0 Å². The number of nitrogens with two attached hydrogens (primary N) is 2. The summed E-state index contributed by atoms with van der Waals surface area (Å²) >= 11 is 0. The molecule has 1 rings (SSSR count). The van der Waals surface area contributed by atoms with E-state index >= 15 is 0 Å². The van der Waals surface area contributed by atoms with E-state index in [1.54, 1.807) is 0 Å². The molecule has 4 heteroatoms. The van der Waals surface area contributed by atoms with Crippen molar-refractivity contribution in [2.45, 2.75) is 12.6 Å². The lowest BCUT2D eigenvalue weighted by Gasteiger charge is -2.03. The third kappa shape index (κ3) is 1.55. The van der Waals surface area contributed by atoms with Crippen LogP contribution in [0, 0.1) is 0 Å². The Bertz CT molecular complexity index is 170. The highest BCUT2D eigenvalue weighted by molar-refractivity contribution is 4.57. The van der Waals surface area contributed by atoms with E-state index in [4.69, 9.17) is 11.5 Å². The van der Waals surface area contributed by atoms with E-state index in [0.29, 0.717) is 6.54 Å². The fourth-order valence-corrected chi connectivity index (χ4v) is 0.827. The maximum Gasteiger partial charge on any atom is 0.242 e. The van der Waals surface area contributed by atoms with Crippen molar-refractivity contribution in [1.82, 2.24) is 4.98 Å². The van der Waals surface area contributed by atoms with Gasteiger partial charge in [-0.3, -0.25) is 10.7 Å². The van der Waals surface area contributed by atoms with Gasteiger partial charge in [0.25, 0.3) is 0 Å². The molecule has 0 bridgehead atoms. The SMILES string of the molecule is NCCC(N)[n+]1cc[nH]c1. The van der Waals surface area contributed by atoms with Crippen molar-refractivity contribution in [3.05, 3.63) is 18.7 Å². The molecule has 10 heavy (non-hydrogen) atoms. The Labute approximate surface area is 59.8 Å². The Balaban J connectivity index is 2.50.